The summed E-state index contributed by atoms with van der Waals surface area (Å²) in [5.41, 5.74) is 0.951. The van der Waals surface area contributed by atoms with Crippen molar-refractivity contribution in [2.24, 2.45) is 0 Å². The molecule has 1 N–H and O–H groups in total. The Bertz CT molecular complexity index is 478. The molecule has 0 aromatic heterocycles. The largest absolute Gasteiger partial charge is 0.365 e. The molecule has 0 bridgehead atoms. The van der Waals surface area contributed by atoms with Crippen molar-refractivity contribution in [3.05, 3.63) is 30.1 Å². The normalized spacial score (nSPS) is 24.9. The van der Waals surface area contributed by atoms with Crippen molar-refractivity contribution in [2.75, 3.05) is 18.0 Å². The molecule has 2 aliphatic rings. The number of anilines is 1. The lowest BCUT2D eigenvalue weighted by atomic mass is 9.77. The van der Waals surface area contributed by atoms with Gasteiger partial charge in [0.1, 0.15) is 5.82 Å². The SMILES string of the molecule is CC1(C)CN(c2ccccc2F)CC2(CCCCC2)N1. The van der Waals surface area contributed by atoms with Crippen LogP contribution in [0.15, 0.2) is 24.3 Å². The van der Waals surface area contributed by atoms with Crippen LogP contribution in [0.4, 0.5) is 10.1 Å². The summed E-state index contributed by atoms with van der Waals surface area (Å²) in [5.74, 6) is -0.101. The van der Waals surface area contributed by atoms with Crippen molar-refractivity contribution in [3.63, 3.8) is 0 Å². The summed E-state index contributed by atoms with van der Waals surface area (Å²) in [7, 11) is 0. The maximum atomic E-state index is 14.1. The van der Waals surface area contributed by atoms with E-state index in [4.69, 9.17) is 0 Å². The predicted molar refractivity (Wildman–Crippen MR) is 81.6 cm³/mol. The van der Waals surface area contributed by atoms with E-state index in [2.05, 4.69) is 24.1 Å². The highest BCUT2D eigenvalue weighted by atomic mass is 19.1. The molecule has 1 aliphatic carbocycles. The minimum Gasteiger partial charge on any atom is -0.365 e. The number of nitrogens with zero attached hydrogens (tertiary/aromatic N) is 1. The Morgan fingerprint density at radius 1 is 1.05 bits per heavy atom. The summed E-state index contributed by atoms with van der Waals surface area (Å²) in [4.78, 5) is 2.25. The zero-order valence-corrected chi connectivity index (χ0v) is 12.6. The quantitative estimate of drug-likeness (QED) is 0.841. The van der Waals surface area contributed by atoms with E-state index in [0.717, 1.165) is 18.8 Å². The van der Waals surface area contributed by atoms with Crippen molar-refractivity contribution < 1.29 is 4.39 Å². The van der Waals surface area contributed by atoms with Crippen molar-refractivity contribution in [3.8, 4) is 0 Å². The third-order valence-corrected chi connectivity index (χ3v) is 4.69. The highest BCUT2D eigenvalue weighted by Gasteiger charge is 2.43. The topological polar surface area (TPSA) is 15.3 Å². The first kappa shape index (κ1) is 13.9. The highest BCUT2D eigenvalue weighted by molar-refractivity contribution is 5.49. The molecule has 1 aromatic rings. The molecule has 1 saturated heterocycles. The molecule has 3 heteroatoms. The molecule has 2 fully saturated rings. The molecular weight excluding hydrogens is 251 g/mol. The number of piperazine rings is 1. The van der Waals surface area contributed by atoms with Gasteiger partial charge in [-0.15, -0.1) is 0 Å². The summed E-state index contributed by atoms with van der Waals surface area (Å²) in [5, 5.41) is 3.86. The van der Waals surface area contributed by atoms with Crippen molar-refractivity contribution in [2.45, 2.75) is 57.0 Å². The van der Waals surface area contributed by atoms with Crippen molar-refractivity contribution in [1.82, 2.24) is 5.32 Å². The summed E-state index contributed by atoms with van der Waals surface area (Å²) >= 11 is 0. The molecule has 1 aliphatic heterocycles. The molecule has 0 unspecified atom stereocenters. The van der Waals surface area contributed by atoms with Crippen LogP contribution in [-0.2, 0) is 0 Å². The summed E-state index contributed by atoms with van der Waals surface area (Å²) in [6.07, 6.45) is 6.33. The summed E-state index contributed by atoms with van der Waals surface area (Å²) < 4.78 is 14.1. The van der Waals surface area contributed by atoms with Gasteiger partial charge >= 0.3 is 0 Å². The second kappa shape index (κ2) is 5.03. The molecule has 0 radical (unpaired) electrons. The number of halogens is 1. The Labute approximate surface area is 121 Å². The van der Waals surface area contributed by atoms with Crippen LogP contribution in [-0.4, -0.2) is 24.2 Å². The van der Waals surface area contributed by atoms with Gasteiger partial charge in [-0.25, -0.2) is 4.39 Å². The van der Waals surface area contributed by atoms with Gasteiger partial charge in [-0.05, 0) is 38.8 Å². The molecule has 0 atom stereocenters. The second-order valence-corrected chi connectivity index (χ2v) is 7.16. The van der Waals surface area contributed by atoms with Crippen LogP contribution in [0.5, 0.6) is 0 Å². The van der Waals surface area contributed by atoms with E-state index in [1.165, 1.54) is 32.1 Å². The molecule has 3 rings (SSSR count). The number of hydrogen-bond acceptors (Lipinski definition) is 2. The van der Waals surface area contributed by atoms with Gasteiger partial charge in [-0.3, -0.25) is 0 Å². The lowest BCUT2D eigenvalue weighted by molar-refractivity contribution is 0.146. The number of nitrogens with one attached hydrogen (secondary N) is 1. The first-order valence-electron chi connectivity index (χ1n) is 7.79. The van der Waals surface area contributed by atoms with Gasteiger partial charge in [-0.1, -0.05) is 31.4 Å². The van der Waals surface area contributed by atoms with E-state index in [-0.39, 0.29) is 16.9 Å². The Morgan fingerprint density at radius 2 is 1.75 bits per heavy atom. The highest BCUT2D eigenvalue weighted by Crippen LogP contribution is 2.36. The van der Waals surface area contributed by atoms with E-state index in [1.54, 1.807) is 12.1 Å². The maximum absolute atomic E-state index is 14.1. The zero-order chi connectivity index (χ0) is 14.2. The van der Waals surface area contributed by atoms with Gasteiger partial charge in [0, 0.05) is 24.2 Å². The van der Waals surface area contributed by atoms with Gasteiger partial charge < -0.3 is 10.2 Å². The lowest BCUT2D eigenvalue weighted by Crippen LogP contribution is -2.69. The third kappa shape index (κ3) is 2.69. The average Bonchev–Trinajstić information content (AvgIpc) is 2.38. The van der Waals surface area contributed by atoms with Gasteiger partial charge in [-0.2, -0.15) is 0 Å². The predicted octanol–water partition coefficient (Wildman–Crippen LogP) is 3.72. The van der Waals surface area contributed by atoms with Gasteiger partial charge in [0.05, 0.1) is 5.69 Å². The van der Waals surface area contributed by atoms with E-state index < -0.39 is 0 Å². The van der Waals surface area contributed by atoms with Gasteiger partial charge in [0.25, 0.3) is 0 Å². The molecule has 20 heavy (non-hydrogen) atoms. The third-order valence-electron chi connectivity index (χ3n) is 4.69. The number of rotatable bonds is 1. The minimum absolute atomic E-state index is 0.0257. The van der Waals surface area contributed by atoms with Crippen molar-refractivity contribution in [1.29, 1.82) is 0 Å². The molecule has 110 valence electrons. The molecule has 1 spiro atoms. The summed E-state index contributed by atoms with van der Waals surface area (Å²) in [6.45, 7) is 6.25. The van der Waals surface area contributed by atoms with Crippen LogP contribution in [0.3, 0.4) is 0 Å². The van der Waals surface area contributed by atoms with Gasteiger partial charge in [0.15, 0.2) is 0 Å². The first-order chi connectivity index (χ1) is 9.50. The monoisotopic (exact) mass is 276 g/mol. The number of hydrogen-bond donors (Lipinski definition) is 1. The fraction of sp³-hybridized carbons (Fsp3) is 0.647. The van der Waals surface area contributed by atoms with Crippen LogP contribution in [0.1, 0.15) is 46.0 Å². The first-order valence-corrected chi connectivity index (χ1v) is 7.79. The maximum Gasteiger partial charge on any atom is 0.146 e. The molecule has 2 nitrogen and oxygen atoms in total. The number of benzene rings is 1. The Balaban J connectivity index is 1.90. The standard InChI is InChI=1S/C17H25FN2/c1-16(2)12-20(15-9-5-4-8-14(15)18)13-17(19-16)10-6-3-7-11-17/h4-5,8-9,19H,3,6-7,10-13H2,1-2H3. The summed E-state index contributed by atoms with van der Waals surface area (Å²) in [6, 6.07) is 7.18. The molecule has 1 aromatic carbocycles. The molecule has 1 saturated carbocycles. The van der Waals surface area contributed by atoms with Crippen LogP contribution < -0.4 is 10.2 Å². The van der Waals surface area contributed by atoms with Gasteiger partial charge in [0.2, 0.25) is 0 Å². The van der Waals surface area contributed by atoms with E-state index >= 15 is 0 Å². The zero-order valence-electron chi connectivity index (χ0n) is 12.6. The molecule has 0 amide bonds. The van der Waals surface area contributed by atoms with Crippen LogP contribution in [0.2, 0.25) is 0 Å². The Kier molecular flexibility index (Phi) is 3.49. The van der Waals surface area contributed by atoms with Crippen LogP contribution in [0, 0.1) is 5.82 Å². The Hall–Kier alpha value is -1.09. The van der Waals surface area contributed by atoms with E-state index in [9.17, 15) is 4.39 Å². The van der Waals surface area contributed by atoms with Crippen LogP contribution >= 0.6 is 0 Å². The van der Waals surface area contributed by atoms with Crippen molar-refractivity contribution >= 4 is 5.69 Å². The fourth-order valence-corrected chi connectivity index (χ4v) is 4.09. The van der Waals surface area contributed by atoms with Crippen LogP contribution in [0.25, 0.3) is 0 Å². The lowest BCUT2D eigenvalue weighted by Gasteiger charge is -2.53. The molecule has 1 heterocycles. The smallest absolute Gasteiger partial charge is 0.146 e. The van der Waals surface area contributed by atoms with E-state index in [0.29, 0.717) is 0 Å². The minimum atomic E-state index is -0.101. The second-order valence-electron chi connectivity index (χ2n) is 7.16. The average molecular weight is 276 g/mol. The molecular formula is C17H25FN2. The Morgan fingerprint density at radius 3 is 2.45 bits per heavy atom. The number of para-hydroxylation sites is 1. The fourth-order valence-electron chi connectivity index (χ4n) is 4.09. The van der Waals surface area contributed by atoms with E-state index in [1.807, 2.05) is 12.1 Å².